The number of methoxy groups -OCH3 is 1. The molecule has 1 aliphatic rings. The fourth-order valence-corrected chi connectivity index (χ4v) is 4.40. The maximum atomic E-state index is 12.7. The summed E-state index contributed by atoms with van der Waals surface area (Å²) in [6.07, 6.45) is 4.32. The Morgan fingerprint density at radius 3 is 3.04 bits per heavy atom. The van der Waals surface area contributed by atoms with Crippen LogP contribution >= 0.6 is 11.3 Å². The number of carbonyl (C=O) groups is 1. The molecule has 1 heterocycles. The van der Waals surface area contributed by atoms with Gasteiger partial charge in [0.05, 0.1) is 17.7 Å². The van der Waals surface area contributed by atoms with Gasteiger partial charge in [-0.2, -0.15) is 0 Å². The molecule has 122 valence electrons. The third-order valence-electron chi connectivity index (χ3n) is 4.53. The highest BCUT2D eigenvalue weighted by molar-refractivity contribution is 7.16. The number of anilines is 2. The highest BCUT2D eigenvalue weighted by Crippen LogP contribution is 2.39. The Labute approximate surface area is 140 Å². The van der Waals surface area contributed by atoms with Crippen LogP contribution in [0.15, 0.2) is 24.3 Å². The Morgan fingerprint density at radius 1 is 1.48 bits per heavy atom. The first-order chi connectivity index (χ1) is 11.1. The topological polar surface area (TPSA) is 64.4 Å². The smallest absolute Gasteiger partial charge is 0.258 e. The van der Waals surface area contributed by atoms with Crippen molar-refractivity contribution >= 4 is 27.9 Å². The van der Waals surface area contributed by atoms with Crippen molar-refractivity contribution in [1.29, 1.82) is 0 Å². The highest BCUT2D eigenvalue weighted by atomic mass is 32.1. The van der Waals surface area contributed by atoms with Crippen LogP contribution in [0.3, 0.4) is 0 Å². The maximum absolute atomic E-state index is 12.7. The van der Waals surface area contributed by atoms with Crippen molar-refractivity contribution in [1.82, 2.24) is 0 Å². The minimum absolute atomic E-state index is 0.122. The predicted molar refractivity (Wildman–Crippen MR) is 95.5 cm³/mol. The number of ether oxygens (including phenoxy) is 1. The number of fused-ring (bicyclic) bond motifs is 1. The molecule has 0 fully saturated rings. The van der Waals surface area contributed by atoms with Crippen molar-refractivity contribution in [2.24, 2.45) is 5.92 Å². The van der Waals surface area contributed by atoms with Gasteiger partial charge in [-0.3, -0.25) is 4.79 Å². The Balaban J connectivity index is 1.84. The Hall–Kier alpha value is -2.01. The molecule has 0 unspecified atom stereocenters. The minimum Gasteiger partial charge on any atom is -0.497 e. The summed E-state index contributed by atoms with van der Waals surface area (Å²) in [5.74, 6) is 1.31. The molecule has 0 spiro atoms. The summed E-state index contributed by atoms with van der Waals surface area (Å²) in [5, 5.41) is 3.57. The molecule has 0 saturated heterocycles. The van der Waals surface area contributed by atoms with Crippen LogP contribution in [0.5, 0.6) is 5.75 Å². The number of nitrogens with one attached hydrogen (secondary N) is 1. The van der Waals surface area contributed by atoms with Gasteiger partial charge in [0.25, 0.3) is 5.91 Å². The number of carbonyl (C=O) groups excluding carboxylic acids is 1. The normalized spacial score (nSPS) is 16.7. The van der Waals surface area contributed by atoms with Crippen LogP contribution in [0.25, 0.3) is 0 Å². The molecule has 0 bridgehead atoms. The van der Waals surface area contributed by atoms with E-state index in [4.69, 9.17) is 10.5 Å². The summed E-state index contributed by atoms with van der Waals surface area (Å²) in [4.78, 5) is 14.0. The van der Waals surface area contributed by atoms with Gasteiger partial charge in [0.2, 0.25) is 0 Å². The first-order valence-corrected chi connectivity index (χ1v) is 8.79. The molecule has 4 nitrogen and oxygen atoms in total. The molecule has 1 atom stereocenters. The van der Waals surface area contributed by atoms with Gasteiger partial charge in [-0.15, -0.1) is 11.3 Å². The zero-order valence-corrected chi connectivity index (χ0v) is 14.3. The monoisotopic (exact) mass is 330 g/mol. The number of nitrogens with two attached hydrogens (primary N) is 1. The third-order valence-corrected chi connectivity index (χ3v) is 5.61. The molecule has 1 amide bonds. The number of benzene rings is 1. The lowest BCUT2D eigenvalue weighted by Gasteiger charge is -2.21. The number of hydrogen-bond acceptors (Lipinski definition) is 4. The summed E-state index contributed by atoms with van der Waals surface area (Å²) >= 11 is 1.57. The molecule has 23 heavy (non-hydrogen) atoms. The lowest BCUT2D eigenvalue weighted by atomic mass is 9.85. The van der Waals surface area contributed by atoms with Crippen molar-refractivity contribution in [3.8, 4) is 5.75 Å². The third kappa shape index (κ3) is 3.20. The number of amides is 1. The first-order valence-electron chi connectivity index (χ1n) is 7.97. The Morgan fingerprint density at radius 2 is 2.30 bits per heavy atom. The zero-order valence-electron chi connectivity index (χ0n) is 13.5. The van der Waals surface area contributed by atoms with Crippen LogP contribution in [0.1, 0.15) is 40.6 Å². The summed E-state index contributed by atoms with van der Waals surface area (Å²) in [6.45, 7) is 2.23. The van der Waals surface area contributed by atoms with Crippen molar-refractivity contribution < 1.29 is 9.53 Å². The quantitative estimate of drug-likeness (QED) is 0.887. The van der Waals surface area contributed by atoms with E-state index < -0.39 is 0 Å². The molecule has 0 aliphatic heterocycles. The van der Waals surface area contributed by atoms with Crippen LogP contribution in [-0.4, -0.2) is 13.0 Å². The van der Waals surface area contributed by atoms with Gasteiger partial charge >= 0.3 is 0 Å². The molecule has 1 aromatic heterocycles. The first kappa shape index (κ1) is 15.9. The molecule has 3 N–H and O–H groups in total. The van der Waals surface area contributed by atoms with Crippen molar-refractivity contribution in [3.63, 3.8) is 0 Å². The molecule has 1 aliphatic carbocycles. The number of nitrogen functional groups attached to an aromatic ring is 1. The lowest BCUT2D eigenvalue weighted by molar-refractivity contribution is 0.102. The maximum Gasteiger partial charge on any atom is 0.258 e. The van der Waals surface area contributed by atoms with Gasteiger partial charge < -0.3 is 15.8 Å². The van der Waals surface area contributed by atoms with Gasteiger partial charge in [-0.25, -0.2) is 0 Å². The molecule has 2 aromatic rings. The minimum atomic E-state index is -0.122. The highest BCUT2D eigenvalue weighted by Gasteiger charge is 2.27. The van der Waals surface area contributed by atoms with Gasteiger partial charge in [0, 0.05) is 16.6 Å². The summed E-state index contributed by atoms with van der Waals surface area (Å²) < 4.78 is 5.19. The van der Waals surface area contributed by atoms with E-state index in [2.05, 4.69) is 12.2 Å². The molecular weight excluding hydrogens is 308 g/mol. The standard InChI is InChI=1S/C18H22N2O2S/c1-3-11-7-8-14-15(9-11)23-17(19)16(14)18(21)20-12-5-4-6-13(10-12)22-2/h4-6,10-11H,3,7-9,19H2,1-2H3,(H,20,21)/t11-/m1/s1. The van der Waals surface area contributed by atoms with E-state index >= 15 is 0 Å². The molecule has 3 rings (SSSR count). The number of thiophene rings is 1. The van der Waals surface area contributed by atoms with Crippen LogP contribution in [0.4, 0.5) is 10.7 Å². The van der Waals surface area contributed by atoms with E-state index in [0.29, 0.717) is 16.3 Å². The van der Waals surface area contributed by atoms with Crippen LogP contribution in [-0.2, 0) is 12.8 Å². The van der Waals surface area contributed by atoms with E-state index in [-0.39, 0.29) is 5.91 Å². The lowest BCUT2D eigenvalue weighted by Crippen LogP contribution is -2.18. The second-order valence-corrected chi connectivity index (χ2v) is 7.08. The average Bonchev–Trinajstić information content (AvgIpc) is 2.89. The van der Waals surface area contributed by atoms with Gasteiger partial charge in [-0.05, 0) is 42.9 Å². The molecule has 5 heteroatoms. The number of rotatable bonds is 4. The summed E-state index contributed by atoms with van der Waals surface area (Å²) in [7, 11) is 1.61. The Bertz CT molecular complexity index is 724. The fourth-order valence-electron chi connectivity index (χ4n) is 3.17. The van der Waals surface area contributed by atoms with Crippen LogP contribution < -0.4 is 15.8 Å². The van der Waals surface area contributed by atoms with Gasteiger partial charge in [-0.1, -0.05) is 19.4 Å². The predicted octanol–water partition coefficient (Wildman–Crippen LogP) is 4.11. The second-order valence-electron chi connectivity index (χ2n) is 5.95. The van der Waals surface area contributed by atoms with Crippen molar-refractivity contribution in [2.75, 3.05) is 18.2 Å². The van der Waals surface area contributed by atoms with E-state index in [1.165, 1.54) is 11.3 Å². The van der Waals surface area contributed by atoms with Crippen molar-refractivity contribution in [2.45, 2.75) is 32.6 Å². The SMILES string of the molecule is CC[C@@H]1CCc2c(sc(N)c2C(=O)Nc2cccc(OC)c2)C1. The molecule has 1 aromatic carbocycles. The number of hydrogen-bond donors (Lipinski definition) is 2. The molecular formula is C18H22N2O2S. The van der Waals surface area contributed by atoms with Gasteiger partial charge in [0.15, 0.2) is 0 Å². The van der Waals surface area contributed by atoms with E-state index in [1.807, 2.05) is 18.2 Å². The largest absolute Gasteiger partial charge is 0.497 e. The Kier molecular flexibility index (Phi) is 4.57. The van der Waals surface area contributed by atoms with E-state index in [9.17, 15) is 4.79 Å². The van der Waals surface area contributed by atoms with Crippen LogP contribution in [0.2, 0.25) is 0 Å². The van der Waals surface area contributed by atoms with E-state index in [0.717, 1.165) is 36.4 Å². The van der Waals surface area contributed by atoms with Crippen molar-refractivity contribution in [3.05, 3.63) is 40.3 Å². The van der Waals surface area contributed by atoms with Gasteiger partial charge in [0.1, 0.15) is 5.75 Å². The molecule has 0 radical (unpaired) electrons. The molecule has 0 saturated carbocycles. The fraction of sp³-hybridized carbons (Fsp3) is 0.389. The van der Waals surface area contributed by atoms with Crippen LogP contribution in [0, 0.1) is 5.92 Å². The zero-order chi connectivity index (χ0) is 16.4. The summed E-state index contributed by atoms with van der Waals surface area (Å²) in [6, 6.07) is 7.36. The van der Waals surface area contributed by atoms with E-state index in [1.54, 1.807) is 24.5 Å². The second kappa shape index (κ2) is 6.62. The summed E-state index contributed by atoms with van der Waals surface area (Å²) in [5.41, 5.74) is 8.69. The average molecular weight is 330 g/mol.